The number of rotatable bonds is 17. The second-order valence-electron chi connectivity index (χ2n) is 41.5. The molecule has 0 aromatic heterocycles. The summed E-state index contributed by atoms with van der Waals surface area (Å²) in [4.78, 5) is 4.82. The van der Waals surface area contributed by atoms with E-state index < -0.39 is 10.8 Å². The second-order valence-corrected chi connectivity index (χ2v) is 41.5. The Morgan fingerprint density at radius 2 is 0.354 bits per heavy atom. The van der Waals surface area contributed by atoms with Gasteiger partial charge in [0.15, 0.2) is 0 Å². The van der Waals surface area contributed by atoms with E-state index >= 15 is 0 Å². The molecule has 29 rings (SSSR count). The highest BCUT2D eigenvalue weighted by Crippen LogP contribution is 2.66. The zero-order valence-electron chi connectivity index (χ0n) is 80.5. The molecule has 684 valence electrons. The molecule has 2 spiro atoms. The fraction of sp³-hybridized carbons (Fsp3) is 0.113. The number of nitrogens with zero attached hydrogens (tertiary/aromatic N) is 2. The first-order chi connectivity index (χ1) is 71.3. The minimum absolute atomic E-state index is 0.395. The predicted octanol–water partition coefficient (Wildman–Crippen LogP) is 37.8. The fourth-order valence-electron chi connectivity index (χ4n) is 27.2. The van der Waals surface area contributed by atoms with Crippen molar-refractivity contribution in [1.29, 1.82) is 0 Å². The molecular weight excluding hydrogens is 1730 g/mol. The van der Waals surface area contributed by atoms with Crippen LogP contribution in [-0.2, 0) is 10.8 Å². The van der Waals surface area contributed by atoms with Crippen molar-refractivity contribution < 1.29 is 0 Å². The van der Waals surface area contributed by atoms with Crippen LogP contribution in [0.1, 0.15) is 119 Å². The molecule has 0 saturated heterocycles. The Morgan fingerprint density at radius 1 is 0.146 bits per heavy atom. The summed E-state index contributed by atoms with van der Waals surface area (Å²) in [6.45, 7) is 0. The number of hydrogen-bond acceptors (Lipinski definition) is 2. The zero-order chi connectivity index (χ0) is 94.9. The average molecular weight is 1840 g/mol. The first-order valence-electron chi connectivity index (χ1n) is 52.0. The molecule has 0 aliphatic heterocycles. The van der Waals surface area contributed by atoms with Gasteiger partial charge in [-0.3, -0.25) is 0 Å². The van der Waals surface area contributed by atoms with Crippen LogP contribution in [0.2, 0.25) is 0 Å². The van der Waals surface area contributed by atoms with Crippen molar-refractivity contribution in [2.45, 2.75) is 74.0 Å². The van der Waals surface area contributed by atoms with Crippen LogP contribution in [0.5, 0.6) is 0 Å². The third kappa shape index (κ3) is 14.3. The van der Waals surface area contributed by atoms with Crippen molar-refractivity contribution in [3.8, 4) is 145 Å². The van der Waals surface area contributed by atoms with Crippen molar-refractivity contribution in [2.24, 2.45) is 23.7 Å². The molecular formula is C142H106N2. The maximum Gasteiger partial charge on any atom is 0.0725 e. The first-order valence-corrected chi connectivity index (χ1v) is 52.0. The third-order valence-corrected chi connectivity index (χ3v) is 34.1. The van der Waals surface area contributed by atoms with E-state index in [2.05, 4.69) is 519 Å². The molecule has 2 heteroatoms. The topological polar surface area (TPSA) is 6.48 Å². The van der Waals surface area contributed by atoms with E-state index in [1.807, 2.05) is 0 Å². The van der Waals surface area contributed by atoms with E-state index in [1.54, 1.807) is 5.56 Å². The van der Waals surface area contributed by atoms with Gasteiger partial charge in [-0.1, -0.05) is 444 Å². The van der Waals surface area contributed by atoms with Gasteiger partial charge < -0.3 is 9.80 Å². The van der Waals surface area contributed by atoms with Crippen LogP contribution in [0.15, 0.2) is 510 Å². The molecule has 21 aromatic carbocycles. The standard InChI is InChI=1S/C81H57N.C61H49N/c1-7-19-72-63(13-1)64-14-2-8-20-73(64)80(72)77-24-12-6-18-68(77)71-50-62(44-46-78(71)80)82(60-40-35-55(36-41-60)53-29-27-52(28-30-53)54-31-33-57(34-32-54)70-48-51-25-26-59(70)47-51)61-42-37-56(38-43-61)58-39-45-69-67-17-5-11-23-76(67)81(79(69)49-58)74-21-9-3-15-65(74)66-16-4-10-22-75(66)81;1-3-7-44(8-4-1)46-13-17-49(18-14-46)53-29-35-58(36-30-53)62(59-37-31-54(32-38-59)50-19-15-47(16-20-50)45-9-5-2-6-10-45)60-39-33-55(34-40-60)51-23-21-48(22-24-51)52-25-27-56(28-26-52)61-42-43-11-12-57(61)41-43/h1-24,27-46,49-51,59,70H,25-26,47-48H2;1-10,13-40,43,57,61H,11-12,41-42H2. The zero-order valence-corrected chi connectivity index (χ0v) is 80.5. The lowest BCUT2D eigenvalue weighted by atomic mass is 9.70. The molecule has 4 fully saturated rings. The number of hydrogen-bond donors (Lipinski definition) is 0. The number of fused-ring (bicyclic) bond motifs is 24. The van der Waals surface area contributed by atoms with E-state index in [-0.39, 0.29) is 0 Å². The molecule has 2 nitrogen and oxygen atoms in total. The van der Waals surface area contributed by atoms with Crippen molar-refractivity contribution >= 4 is 34.1 Å². The van der Waals surface area contributed by atoms with Crippen molar-refractivity contribution in [1.82, 2.24) is 0 Å². The first kappa shape index (κ1) is 85.2. The monoisotopic (exact) mass is 1840 g/mol. The predicted molar refractivity (Wildman–Crippen MR) is 600 cm³/mol. The highest BCUT2D eigenvalue weighted by molar-refractivity contribution is 6.00. The Kier molecular flexibility index (Phi) is 20.8. The lowest BCUT2D eigenvalue weighted by molar-refractivity contribution is 0.420. The van der Waals surface area contributed by atoms with Crippen LogP contribution in [-0.4, -0.2) is 0 Å². The van der Waals surface area contributed by atoms with Gasteiger partial charge in [0, 0.05) is 34.1 Å². The highest BCUT2D eigenvalue weighted by atomic mass is 15.1. The van der Waals surface area contributed by atoms with Crippen LogP contribution in [0.25, 0.3) is 145 Å². The summed E-state index contributed by atoms with van der Waals surface area (Å²) in [7, 11) is 0. The second kappa shape index (κ2) is 35.2. The average Bonchev–Trinajstić information content (AvgIpc) is 1.51. The van der Waals surface area contributed by atoms with Gasteiger partial charge in [0.25, 0.3) is 0 Å². The Morgan fingerprint density at radius 3 is 0.632 bits per heavy atom. The van der Waals surface area contributed by atoms with E-state index in [1.165, 1.54) is 246 Å². The van der Waals surface area contributed by atoms with E-state index in [0.717, 1.165) is 69.6 Å². The lowest BCUT2D eigenvalue weighted by Crippen LogP contribution is -2.25. The third-order valence-electron chi connectivity index (χ3n) is 34.1. The summed E-state index contributed by atoms with van der Waals surface area (Å²) in [5, 5.41) is 0. The quantitative estimate of drug-likeness (QED) is 0.0896. The van der Waals surface area contributed by atoms with Crippen molar-refractivity contribution in [3.63, 3.8) is 0 Å². The van der Waals surface area contributed by atoms with Gasteiger partial charge >= 0.3 is 0 Å². The summed E-state index contributed by atoms with van der Waals surface area (Å²) >= 11 is 0. The summed E-state index contributed by atoms with van der Waals surface area (Å²) in [5.74, 6) is 5.26. The largest absolute Gasteiger partial charge is 0.311 e. The number of anilines is 6. The summed E-state index contributed by atoms with van der Waals surface area (Å²) in [6.07, 6.45) is 11.4. The van der Waals surface area contributed by atoms with Gasteiger partial charge in [0.05, 0.1) is 10.8 Å². The Balaban J connectivity index is 0.000000146. The summed E-state index contributed by atoms with van der Waals surface area (Å²) in [5.41, 5.74) is 52.3. The van der Waals surface area contributed by atoms with Gasteiger partial charge in [0.1, 0.15) is 0 Å². The molecule has 0 radical (unpaired) electrons. The summed E-state index contributed by atoms with van der Waals surface area (Å²) in [6, 6.07) is 191. The molecule has 0 amide bonds. The van der Waals surface area contributed by atoms with Crippen LogP contribution in [0.4, 0.5) is 34.1 Å². The molecule has 21 aromatic rings. The lowest BCUT2D eigenvalue weighted by Gasteiger charge is -2.31. The molecule has 8 aliphatic carbocycles. The van der Waals surface area contributed by atoms with Gasteiger partial charge in [-0.05, 0) is 353 Å². The molecule has 6 unspecified atom stereocenters. The molecule has 0 N–H and O–H groups in total. The van der Waals surface area contributed by atoms with Gasteiger partial charge in [0.2, 0.25) is 0 Å². The van der Waals surface area contributed by atoms with Gasteiger partial charge in [-0.15, -0.1) is 0 Å². The van der Waals surface area contributed by atoms with Crippen LogP contribution in [0, 0.1) is 23.7 Å². The van der Waals surface area contributed by atoms with Crippen LogP contribution >= 0.6 is 0 Å². The minimum atomic E-state index is -0.404. The van der Waals surface area contributed by atoms with Crippen molar-refractivity contribution in [2.75, 3.05) is 9.80 Å². The smallest absolute Gasteiger partial charge is 0.0725 e. The highest BCUT2D eigenvalue weighted by Gasteiger charge is 2.54. The summed E-state index contributed by atoms with van der Waals surface area (Å²) < 4.78 is 0. The normalized spacial score (nSPS) is 17.3. The van der Waals surface area contributed by atoms with Crippen LogP contribution in [0.3, 0.4) is 0 Å². The van der Waals surface area contributed by atoms with E-state index in [4.69, 9.17) is 0 Å². The van der Waals surface area contributed by atoms with Crippen molar-refractivity contribution in [3.05, 3.63) is 565 Å². The SMILES string of the molecule is c1ccc(-c2ccc(-c3ccc(N(c4ccc(-c5ccc(-c6ccccc6)cc5)cc4)c4ccc(-c5ccc(-c6ccc(C7CC8CCC7C8)cc6)cc5)cc4)cc3)cc2)cc1.c1ccc2c(c1)-c1ccccc1C21c2ccccc2-c2cc(N(c3ccc(-c4ccc(-c5ccc(C6CC7CCC6C7)cc5)cc4)cc3)c3ccc(-c4ccc5c(c4)C4(c6ccccc6-c6ccccc64)c4ccccc4-5)cc3)ccc21. The minimum Gasteiger partial charge on any atom is -0.311 e. The molecule has 4 saturated carbocycles. The maximum absolute atomic E-state index is 2.49. The Bertz CT molecular complexity index is 8200. The van der Waals surface area contributed by atoms with Gasteiger partial charge in [-0.2, -0.15) is 0 Å². The maximum atomic E-state index is 2.49. The van der Waals surface area contributed by atoms with Gasteiger partial charge in [-0.25, -0.2) is 0 Å². The Hall–Kier alpha value is -16.8. The molecule has 0 heterocycles. The molecule has 6 atom stereocenters. The van der Waals surface area contributed by atoms with E-state index in [0.29, 0.717) is 0 Å². The number of benzene rings is 21. The fourth-order valence-corrected chi connectivity index (χ4v) is 27.2. The van der Waals surface area contributed by atoms with E-state index in [9.17, 15) is 0 Å². The molecule has 4 bridgehead atoms. The molecule has 8 aliphatic rings. The van der Waals surface area contributed by atoms with Crippen LogP contribution < -0.4 is 9.80 Å². The molecule has 144 heavy (non-hydrogen) atoms. The Labute approximate surface area is 845 Å².